The predicted molar refractivity (Wildman–Crippen MR) is 98.7 cm³/mol. The van der Waals surface area contributed by atoms with Crippen LogP contribution in [0.3, 0.4) is 0 Å². The normalized spacial score (nSPS) is 36.4. The molecule has 1 aliphatic heterocycles. The highest BCUT2D eigenvalue weighted by atomic mass is 31.1. The van der Waals surface area contributed by atoms with Crippen LogP contribution in [-0.2, 0) is 0 Å². The monoisotopic (exact) mass is 313 g/mol. The summed E-state index contributed by atoms with van der Waals surface area (Å²) in [5.41, 5.74) is 2.16. The van der Waals surface area contributed by atoms with Crippen molar-refractivity contribution in [2.24, 2.45) is 5.92 Å². The van der Waals surface area contributed by atoms with Gasteiger partial charge in [-0.1, -0.05) is 63.2 Å². The molecule has 1 fully saturated rings. The van der Waals surface area contributed by atoms with Gasteiger partial charge in [0.15, 0.2) is 0 Å². The number of allylic oxidation sites excluding steroid dienone is 4. The van der Waals surface area contributed by atoms with Crippen LogP contribution >= 0.6 is 8.58 Å². The highest BCUT2D eigenvalue weighted by molar-refractivity contribution is 7.40. The van der Waals surface area contributed by atoms with Crippen LogP contribution in [0.1, 0.15) is 50.8 Å². The van der Waals surface area contributed by atoms with Crippen molar-refractivity contribution in [1.29, 1.82) is 0 Å². The number of nitrogens with one attached hydrogen (secondary N) is 1. The van der Waals surface area contributed by atoms with Crippen molar-refractivity contribution >= 4 is 8.58 Å². The van der Waals surface area contributed by atoms with Crippen LogP contribution in [0.25, 0.3) is 0 Å². The summed E-state index contributed by atoms with van der Waals surface area (Å²) in [5, 5.41) is 4.20. The van der Waals surface area contributed by atoms with E-state index < -0.39 is 0 Å². The Morgan fingerprint density at radius 2 is 1.91 bits per heavy atom. The highest BCUT2D eigenvalue weighted by Gasteiger charge is 2.40. The third-order valence-electron chi connectivity index (χ3n) is 4.86. The second-order valence-electron chi connectivity index (χ2n) is 6.97. The third-order valence-corrected chi connectivity index (χ3v) is 6.99. The van der Waals surface area contributed by atoms with Gasteiger partial charge in [0.2, 0.25) is 0 Å². The van der Waals surface area contributed by atoms with Crippen molar-refractivity contribution in [3.05, 3.63) is 60.2 Å². The van der Waals surface area contributed by atoms with Crippen molar-refractivity contribution in [3.8, 4) is 0 Å². The fourth-order valence-corrected chi connectivity index (χ4v) is 5.94. The smallest absolute Gasteiger partial charge is 0.0338 e. The van der Waals surface area contributed by atoms with Crippen LogP contribution in [0.15, 0.2) is 54.6 Å². The number of hydrogen-bond acceptors (Lipinski definition) is 1. The second kappa shape index (κ2) is 7.11. The lowest BCUT2D eigenvalue weighted by Crippen LogP contribution is -2.39. The molecule has 1 aromatic rings. The minimum Gasteiger partial charge on any atom is -0.304 e. The van der Waals surface area contributed by atoms with E-state index in [1.165, 1.54) is 31.2 Å². The van der Waals surface area contributed by atoms with Gasteiger partial charge < -0.3 is 5.32 Å². The number of rotatable bonds is 3. The largest absolute Gasteiger partial charge is 0.304 e. The third kappa shape index (κ3) is 3.89. The molecule has 22 heavy (non-hydrogen) atoms. The van der Waals surface area contributed by atoms with Gasteiger partial charge in [-0.3, -0.25) is 0 Å². The molecule has 1 aromatic carbocycles. The zero-order valence-electron chi connectivity index (χ0n) is 13.8. The summed E-state index contributed by atoms with van der Waals surface area (Å²) >= 11 is 0. The number of hydrogen-bond donors (Lipinski definition) is 1. The molecule has 0 spiro atoms. The van der Waals surface area contributed by atoms with Gasteiger partial charge in [-0.15, -0.1) is 0 Å². The van der Waals surface area contributed by atoms with E-state index in [1.807, 2.05) is 0 Å². The molecule has 5 atom stereocenters. The fraction of sp³-hybridized carbons (Fsp3) is 0.500. The van der Waals surface area contributed by atoms with Crippen molar-refractivity contribution in [3.63, 3.8) is 0 Å². The Hall–Kier alpha value is -0.910. The molecule has 1 N–H and O–H groups in total. The van der Waals surface area contributed by atoms with Gasteiger partial charge in [0, 0.05) is 17.0 Å². The van der Waals surface area contributed by atoms with Crippen LogP contribution < -0.4 is 5.32 Å². The Morgan fingerprint density at radius 3 is 2.73 bits per heavy atom. The molecule has 5 unspecified atom stereocenters. The Kier molecular flexibility index (Phi) is 5.16. The van der Waals surface area contributed by atoms with Crippen LogP contribution in [0, 0.1) is 5.92 Å². The molecule has 2 aliphatic rings. The summed E-state index contributed by atoms with van der Waals surface area (Å²) in [6.45, 7) is 4.78. The summed E-state index contributed by atoms with van der Waals surface area (Å²) in [6.07, 6.45) is 14.4. The van der Waals surface area contributed by atoms with E-state index in [0.29, 0.717) is 17.6 Å². The lowest BCUT2D eigenvalue weighted by atomic mass is 9.93. The zero-order chi connectivity index (χ0) is 15.4. The maximum Gasteiger partial charge on any atom is 0.0338 e. The van der Waals surface area contributed by atoms with E-state index >= 15 is 0 Å². The molecule has 2 heteroatoms. The quantitative estimate of drug-likeness (QED) is 0.580. The summed E-state index contributed by atoms with van der Waals surface area (Å²) in [6, 6.07) is 11.6. The predicted octanol–water partition coefficient (Wildman–Crippen LogP) is 5.42. The topological polar surface area (TPSA) is 12.0 Å². The van der Waals surface area contributed by atoms with E-state index in [2.05, 4.69) is 73.8 Å². The molecule has 118 valence electrons. The first-order chi connectivity index (χ1) is 10.7. The Bertz CT molecular complexity index is 536. The summed E-state index contributed by atoms with van der Waals surface area (Å²) in [4.78, 5) is 0. The number of benzene rings is 1. The molecule has 3 rings (SSSR count). The maximum absolute atomic E-state index is 3.92. The minimum atomic E-state index is 0.280. The van der Waals surface area contributed by atoms with Gasteiger partial charge in [-0.05, 0) is 51.0 Å². The summed E-state index contributed by atoms with van der Waals surface area (Å²) in [5.74, 6) is 0.684. The van der Waals surface area contributed by atoms with Gasteiger partial charge in [-0.25, -0.2) is 0 Å². The van der Waals surface area contributed by atoms with Crippen LogP contribution in [-0.4, -0.2) is 11.3 Å². The van der Waals surface area contributed by atoms with E-state index in [4.69, 9.17) is 0 Å². The first-order valence-electron chi connectivity index (χ1n) is 8.58. The second-order valence-corrected chi connectivity index (χ2v) is 8.99. The lowest BCUT2D eigenvalue weighted by Gasteiger charge is -2.29. The standard InChI is InChI=1S/C20H28NP/c1-16-19(18-13-9-6-10-14-18)22-20(2,21-16)15-17-11-7-4-3-5-8-12-17/h4,6-10,12-14,16-17,19,21-22H,3,5,11,15H2,1-2H3. The molecule has 0 radical (unpaired) electrons. The first-order valence-corrected chi connectivity index (χ1v) is 9.66. The van der Waals surface area contributed by atoms with E-state index in [0.717, 1.165) is 8.58 Å². The van der Waals surface area contributed by atoms with Gasteiger partial charge in [0.25, 0.3) is 0 Å². The Balaban J connectivity index is 1.69. The fourth-order valence-electron chi connectivity index (χ4n) is 3.87. The average molecular weight is 313 g/mol. The summed E-state index contributed by atoms with van der Waals surface area (Å²) < 4.78 is 0. The van der Waals surface area contributed by atoms with Crippen molar-refractivity contribution in [2.45, 2.75) is 56.5 Å². The molecule has 1 nitrogen and oxygen atoms in total. The van der Waals surface area contributed by atoms with E-state index in [-0.39, 0.29) is 5.28 Å². The molecule has 0 bridgehead atoms. The van der Waals surface area contributed by atoms with Crippen molar-refractivity contribution in [1.82, 2.24) is 5.32 Å². The van der Waals surface area contributed by atoms with Crippen molar-refractivity contribution in [2.75, 3.05) is 0 Å². The Labute approximate surface area is 137 Å². The minimum absolute atomic E-state index is 0.280. The van der Waals surface area contributed by atoms with Crippen LogP contribution in [0.2, 0.25) is 0 Å². The van der Waals surface area contributed by atoms with Gasteiger partial charge in [0.1, 0.15) is 0 Å². The average Bonchev–Trinajstić information content (AvgIpc) is 2.78. The molecular formula is C20H28NP. The van der Waals surface area contributed by atoms with Gasteiger partial charge in [0.05, 0.1) is 0 Å². The molecule has 1 aliphatic carbocycles. The van der Waals surface area contributed by atoms with Crippen LogP contribution in [0.5, 0.6) is 0 Å². The highest BCUT2D eigenvalue weighted by Crippen LogP contribution is 2.54. The summed E-state index contributed by atoms with van der Waals surface area (Å²) in [7, 11) is 0.953. The van der Waals surface area contributed by atoms with E-state index in [1.54, 1.807) is 0 Å². The lowest BCUT2D eigenvalue weighted by molar-refractivity contribution is 0.395. The van der Waals surface area contributed by atoms with Gasteiger partial charge in [-0.2, -0.15) is 0 Å². The van der Waals surface area contributed by atoms with Crippen molar-refractivity contribution < 1.29 is 0 Å². The SMILES string of the molecule is CC1NC(C)(CC2C=CCCC=CC2)PC1c1ccccc1. The Morgan fingerprint density at radius 1 is 1.14 bits per heavy atom. The molecular weight excluding hydrogens is 285 g/mol. The molecule has 0 aromatic heterocycles. The van der Waals surface area contributed by atoms with Crippen LogP contribution in [0.4, 0.5) is 0 Å². The molecule has 0 saturated carbocycles. The molecule has 0 amide bonds. The zero-order valence-corrected chi connectivity index (χ0v) is 14.8. The van der Waals surface area contributed by atoms with Gasteiger partial charge >= 0.3 is 0 Å². The molecule has 1 heterocycles. The molecule has 1 saturated heterocycles. The van der Waals surface area contributed by atoms with E-state index in [9.17, 15) is 0 Å². The maximum atomic E-state index is 3.92. The first kappa shape index (κ1) is 16.0.